The van der Waals surface area contributed by atoms with Gasteiger partial charge >= 0.3 is 6.03 Å². The van der Waals surface area contributed by atoms with Crippen LogP contribution < -0.4 is 20.7 Å². The number of anilines is 3. The summed E-state index contributed by atoms with van der Waals surface area (Å²) >= 11 is 0. The van der Waals surface area contributed by atoms with Crippen LogP contribution in [0.3, 0.4) is 0 Å². The molecule has 31 heavy (non-hydrogen) atoms. The highest BCUT2D eigenvalue weighted by Gasteiger charge is 2.30. The number of rotatable bonds is 4. The van der Waals surface area contributed by atoms with Crippen molar-refractivity contribution < 1.29 is 9.53 Å². The van der Waals surface area contributed by atoms with Crippen LogP contribution in [0.15, 0.2) is 30.5 Å². The molecule has 4 rings (SSSR count). The van der Waals surface area contributed by atoms with Crippen LogP contribution in [0.25, 0.3) is 11.0 Å². The molecule has 1 fully saturated rings. The summed E-state index contributed by atoms with van der Waals surface area (Å²) in [5.74, 6) is 1.24. The number of amides is 2. The second kappa shape index (κ2) is 8.33. The average Bonchev–Trinajstić information content (AvgIpc) is 3.14. The first kappa shape index (κ1) is 20.8. The molecule has 9 heteroatoms. The molecule has 1 aromatic carbocycles. The number of benzene rings is 1. The van der Waals surface area contributed by atoms with E-state index in [0.717, 1.165) is 40.1 Å². The quantitative estimate of drug-likeness (QED) is 0.669. The number of urea groups is 1. The molecule has 1 aliphatic heterocycles. The molecule has 0 radical (unpaired) electrons. The van der Waals surface area contributed by atoms with Crippen LogP contribution in [0.1, 0.15) is 18.9 Å². The largest absolute Gasteiger partial charge is 0.497 e. The normalized spacial score (nSPS) is 16.6. The van der Waals surface area contributed by atoms with Crippen LogP contribution in [0, 0.1) is 6.92 Å². The third kappa shape index (κ3) is 3.95. The summed E-state index contributed by atoms with van der Waals surface area (Å²) in [5, 5.41) is 8.36. The minimum Gasteiger partial charge on any atom is -0.497 e. The molecular weight excluding hydrogens is 394 g/mol. The lowest BCUT2D eigenvalue weighted by Crippen LogP contribution is -2.55. The Kier molecular flexibility index (Phi) is 5.58. The SMILES string of the molecule is CC[C@H]1CN(C(=O)Nc2ccc(OC)cc2C)CCN1c1cc(N)nc2c1cnn2C. The fourth-order valence-corrected chi connectivity index (χ4v) is 4.16. The van der Waals surface area contributed by atoms with Crippen molar-refractivity contribution in [3.05, 3.63) is 36.0 Å². The maximum Gasteiger partial charge on any atom is 0.321 e. The van der Waals surface area contributed by atoms with E-state index < -0.39 is 0 Å². The first-order valence-electron chi connectivity index (χ1n) is 10.5. The van der Waals surface area contributed by atoms with E-state index in [4.69, 9.17) is 10.5 Å². The third-order valence-electron chi connectivity index (χ3n) is 5.93. The van der Waals surface area contributed by atoms with E-state index in [1.54, 1.807) is 11.8 Å². The predicted molar refractivity (Wildman–Crippen MR) is 123 cm³/mol. The Labute approximate surface area is 181 Å². The highest BCUT2D eigenvalue weighted by molar-refractivity contribution is 5.92. The van der Waals surface area contributed by atoms with Crippen LogP contribution in [0.2, 0.25) is 0 Å². The Morgan fingerprint density at radius 3 is 2.84 bits per heavy atom. The van der Waals surface area contributed by atoms with Crippen molar-refractivity contribution in [3.63, 3.8) is 0 Å². The molecule has 0 saturated carbocycles. The Hall–Kier alpha value is -3.49. The van der Waals surface area contributed by atoms with Gasteiger partial charge in [0.15, 0.2) is 5.65 Å². The summed E-state index contributed by atoms with van der Waals surface area (Å²) in [5.41, 5.74) is 9.62. The maximum atomic E-state index is 13.0. The van der Waals surface area contributed by atoms with Crippen molar-refractivity contribution in [2.75, 3.05) is 42.7 Å². The van der Waals surface area contributed by atoms with Gasteiger partial charge in [0, 0.05) is 44.5 Å². The van der Waals surface area contributed by atoms with Gasteiger partial charge in [-0.05, 0) is 37.1 Å². The standard InChI is InChI=1S/C22H29N7O2/c1-5-15-13-28(22(30)25-18-7-6-16(31-4)10-14(18)2)8-9-29(15)19-11-20(23)26-21-17(19)12-24-27(21)3/h6-7,10-12,15H,5,8-9,13H2,1-4H3,(H2,23,26)(H,25,30)/t15-/m0/s1. The minimum absolute atomic E-state index is 0.0906. The zero-order chi connectivity index (χ0) is 22.1. The number of hydrogen-bond acceptors (Lipinski definition) is 6. The maximum absolute atomic E-state index is 13.0. The molecule has 0 aliphatic carbocycles. The second-order valence-electron chi connectivity index (χ2n) is 7.88. The molecule has 9 nitrogen and oxygen atoms in total. The number of fused-ring (bicyclic) bond motifs is 1. The summed E-state index contributed by atoms with van der Waals surface area (Å²) in [7, 11) is 3.49. The van der Waals surface area contributed by atoms with Gasteiger partial charge in [0.2, 0.25) is 0 Å². The van der Waals surface area contributed by atoms with Gasteiger partial charge in [-0.15, -0.1) is 0 Å². The lowest BCUT2D eigenvalue weighted by Gasteiger charge is -2.42. The van der Waals surface area contributed by atoms with Gasteiger partial charge in [0.25, 0.3) is 0 Å². The molecule has 1 atom stereocenters. The molecule has 3 N–H and O–H groups in total. The zero-order valence-electron chi connectivity index (χ0n) is 18.4. The highest BCUT2D eigenvalue weighted by Crippen LogP contribution is 2.31. The summed E-state index contributed by atoms with van der Waals surface area (Å²) in [6, 6.07) is 7.62. The lowest BCUT2D eigenvalue weighted by atomic mass is 10.1. The van der Waals surface area contributed by atoms with Gasteiger partial charge in [-0.3, -0.25) is 4.68 Å². The van der Waals surface area contributed by atoms with E-state index in [9.17, 15) is 4.79 Å². The Balaban J connectivity index is 1.52. The number of ether oxygens (including phenoxy) is 1. The number of aryl methyl sites for hydroxylation is 2. The van der Waals surface area contributed by atoms with Crippen LogP contribution in [0.5, 0.6) is 5.75 Å². The van der Waals surface area contributed by atoms with Crippen molar-refractivity contribution in [1.29, 1.82) is 0 Å². The second-order valence-corrected chi connectivity index (χ2v) is 7.88. The molecule has 0 unspecified atom stereocenters. The molecule has 2 amide bonds. The van der Waals surface area contributed by atoms with Crippen LogP contribution in [0.4, 0.5) is 22.0 Å². The van der Waals surface area contributed by atoms with Crippen molar-refractivity contribution in [1.82, 2.24) is 19.7 Å². The third-order valence-corrected chi connectivity index (χ3v) is 5.93. The lowest BCUT2D eigenvalue weighted by molar-refractivity contribution is 0.197. The van der Waals surface area contributed by atoms with E-state index in [2.05, 4.69) is 27.2 Å². The topological polar surface area (TPSA) is 102 Å². The highest BCUT2D eigenvalue weighted by atomic mass is 16.5. The first-order valence-corrected chi connectivity index (χ1v) is 10.5. The number of carbonyl (C=O) groups excluding carboxylic acids is 1. The van der Waals surface area contributed by atoms with E-state index in [-0.39, 0.29) is 12.1 Å². The fourth-order valence-electron chi connectivity index (χ4n) is 4.16. The number of hydrogen-bond donors (Lipinski definition) is 2. The van der Waals surface area contributed by atoms with Crippen molar-refractivity contribution in [2.45, 2.75) is 26.3 Å². The zero-order valence-corrected chi connectivity index (χ0v) is 18.4. The summed E-state index contributed by atoms with van der Waals surface area (Å²) in [4.78, 5) is 21.6. The number of nitrogens with one attached hydrogen (secondary N) is 1. The molecule has 0 spiro atoms. The number of nitrogen functional groups attached to an aromatic ring is 1. The number of aromatic nitrogens is 3. The van der Waals surface area contributed by atoms with Gasteiger partial charge in [0.1, 0.15) is 11.6 Å². The fraction of sp³-hybridized carbons (Fsp3) is 0.409. The van der Waals surface area contributed by atoms with Crippen LogP contribution in [-0.2, 0) is 7.05 Å². The first-order chi connectivity index (χ1) is 14.9. The van der Waals surface area contributed by atoms with E-state index in [1.165, 1.54) is 0 Å². The Morgan fingerprint density at radius 2 is 2.13 bits per heavy atom. The summed E-state index contributed by atoms with van der Waals surface area (Å²) < 4.78 is 6.98. The van der Waals surface area contributed by atoms with Gasteiger partial charge in [-0.2, -0.15) is 5.10 Å². The molecule has 0 bridgehead atoms. The molecule has 164 valence electrons. The molecule has 1 aliphatic rings. The van der Waals surface area contributed by atoms with E-state index in [1.807, 2.05) is 49.3 Å². The smallest absolute Gasteiger partial charge is 0.321 e. The van der Waals surface area contributed by atoms with E-state index >= 15 is 0 Å². The van der Waals surface area contributed by atoms with Gasteiger partial charge in [-0.25, -0.2) is 9.78 Å². The molecular formula is C22H29N7O2. The van der Waals surface area contributed by atoms with Gasteiger partial charge in [0.05, 0.1) is 24.4 Å². The van der Waals surface area contributed by atoms with Crippen LogP contribution >= 0.6 is 0 Å². The number of nitrogens with two attached hydrogens (primary N) is 1. The van der Waals surface area contributed by atoms with E-state index in [0.29, 0.717) is 25.5 Å². The molecule has 3 heterocycles. The number of piperazine rings is 1. The number of methoxy groups -OCH3 is 1. The monoisotopic (exact) mass is 423 g/mol. The van der Waals surface area contributed by atoms with Gasteiger partial charge < -0.3 is 25.6 Å². The Morgan fingerprint density at radius 1 is 1.32 bits per heavy atom. The van der Waals surface area contributed by atoms with Crippen molar-refractivity contribution in [2.24, 2.45) is 7.05 Å². The predicted octanol–water partition coefficient (Wildman–Crippen LogP) is 3.00. The molecule has 1 saturated heterocycles. The number of pyridine rings is 1. The minimum atomic E-state index is -0.0906. The molecule has 3 aromatic rings. The molecule has 2 aromatic heterocycles. The number of nitrogens with zero attached hydrogens (tertiary/aromatic N) is 5. The van der Waals surface area contributed by atoms with Crippen LogP contribution in [-0.4, -0.2) is 58.5 Å². The summed E-state index contributed by atoms with van der Waals surface area (Å²) in [6.07, 6.45) is 2.73. The van der Waals surface area contributed by atoms with Crippen molar-refractivity contribution in [3.8, 4) is 5.75 Å². The Bertz CT molecular complexity index is 1110. The summed E-state index contributed by atoms with van der Waals surface area (Å²) in [6.45, 7) is 6.04. The number of carbonyl (C=O) groups is 1. The average molecular weight is 424 g/mol. The van der Waals surface area contributed by atoms with Crippen molar-refractivity contribution >= 4 is 34.3 Å². The van der Waals surface area contributed by atoms with Gasteiger partial charge in [-0.1, -0.05) is 6.92 Å².